The first-order valence-electron chi connectivity index (χ1n) is 7.75. The molecule has 1 atom stereocenters. The number of amides is 1. The van der Waals surface area contributed by atoms with Crippen molar-refractivity contribution in [3.05, 3.63) is 69.0 Å². The summed E-state index contributed by atoms with van der Waals surface area (Å²) in [6, 6.07) is 8.79. The lowest BCUT2D eigenvalue weighted by atomic mass is 9.95. The van der Waals surface area contributed by atoms with Crippen LogP contribution in [-0.4, -0.2) is 16.9 Å². The zero-order chi connectivity index (χ0) is 17.4. The minimum Gasteiger partial charge on any atom is -0.305 e. The Balaban J connectivity index is 2.04. The number of carbonyl (C=O) groups excluding carboxylic acids is 1. The van der Waals surface area contributed by atoms with Crippen molar-refractivity contribution in [3.63, 3.8) is 0 Å². The maximum absolute atomic E-state index is 13.5. The molecule has 24 heavy (non-hydrogen) atoms. The van der Waals surface area contributed by atoms with E-state index in [9.17, 15) is 19.3 Å². The van der Waals surface area contributed by atoms with Gasteiger partial charge >= 0.3 is 0 Å². The Morgan fingerprint density at radius 1 is 1.29 bits per heavy atom. The van der Waals surface area contributed by atoms with E-state index in [1.807, 2.05) is 6.92 Å². The standard InChI is InChI=1S/C18H17FN2O3/c1-11-3-5-14(10-17(11)21(23)24)18(22)20-12(2)4-6-13-9-15(19)7-8-16(13)20/h3,5,7-10,12H,4,6H2,1-2H3. The molecule has 1 heterocycles. The number of hydrogen-bond donors (Lipinski definition) is 0. The van der Waals surface area contributed by atoms with Crippen LogP contribution in [0, 0.1) is 22.9 Å². The molecule has 1 aliphatic heterocycles. The summed E-state index contributed by atoms with van der Waals surface area (Å²) in [4.78, 5) is 25.2. The van der Waals surface area contributed by atoms with Crippen molar-refractivity contribution in [1.82, 2.24) is 0 Å². The number of nitro benzene ring substituents is 1. The van der Waals surface area contributed by atoms with Crippen LogP contribution in [-0.2, 0) is 6.42 Å². The molecule has 0 aliphatic carbocycles. The van der Waals surface area contributed by atoms with Crippen molar-refractivity contribution >= 4 is 17.3 Å². The largest absolute Gasteiger partial charge is 0.305 e. The van der Waals surface area contributed by atoms with E-state index in [4.69, 9.17) is 0 Å². The van der Waals surface area contributed by atoms with Gasteiger partial charge in [0, 0.05) is 28.9 Å². The summed E-state index contributed by atoms with van der Waals surface area (Å²) >= 11 is 0. The number of rotatable bonds is 2. The molecule has 2 aromatic carbocycles. The Morgan fingerprint density at radius 3 is 2.75 bits per heavy atom. The van der Waals surface area contributed by atoms with Crippen LogP contribution in [0.25, 0.3) is 0 Å². The van der Waals surface area contributed by atoms with E-state index < -0.39 is 4.92 Å². The Morgan fingerprint density at radius 2 is 2.04 bits per heavy atom. The summed E-state index contributed by atoms with van der Waals surface area (Å²) in [5.74, 6) is -0.639. The summed E-state index contributed by atoms with van der Waals surface area (Å²) < 4.78 is 13.5. The number of nitrogens with zero attached hydrogens (tertiary/aromatic N) is 2. The smallest absolute Gasteiger partial charge is 0.273 e. The van der Waals surface area contributed by atoms with Crippen molar-refractivity contribution < 1.29 is 14.1 Å². The minimum absolute atomic E-state index is 0.0594. The molecular formula is C18H17FN2O3. The molecule has 6 heteroatoms. The molecule has 2 aromatic rings. The van der Waals surface area contributed by atoms with Gasteiger partial charge in [0.15, 0.2) is 0 Å². The molecule has 1 amide bonds. The molecule has 0 aromatic heterocycles. The molecule has 1 unspecified atom stereocenters. The monoisotopic (exact) mass is 328 g/mol. The lowest BCUT2D eigenvalue weighted by molar-refractivity contribution is -0.385. The lowest BCUT2D eigenvalue weighted by Gasteiger charge is -2.35. The zero-order valence-corrected chi connectivity index (χ0v) is 13.5. The molecule has 0 radical (unpaired) electrons. The highest BCUT2D eigenvalue weighted by molar-refractivity contribution is 6.07. The van der Waals surface area contributed by atoms with Crippen LogP contribution in [0.15, 0.2) is 36.4 Å². The highest BCUT2D eigenvalue weighted by Gasteiger charge is 2.30. The number of carbonyl (C=O) groups is 1. The Bertz CT molecular complexity index is 835. The van der Waals surface area contributed by atoms with E-state index >= 15 is 0 Å². The van der Waals surface area contributed by atoms with E-state index in [1.165, 1.54) is 18.2 Å². The number of fused-ring (bicyclic) bond motifs is 1. The van der Waals surface area contributed by atoms with Crippen molar-refractivity contribution in [2.45, 2.75) is 32.7 Å². The van der Waals surface area contributed by atoms with Gasteiger partial charge in [0.1, 0.15) is 5.82 Å². The van der Waals surface area contributed by atoms with Gasteiger partial charge in [-0.2, -0.15) is 0 Å². The summed E-state index contributed by atoms with van der Waals surface area (Å²) in [6.45, 7) is 3.56. The first kappa shape index (κ1) is 16.1. The van der Waals surface area contributed by atoms with Crippen molar-refractivity contribution in [1.29, 1.82) is 0 Å². The fourth-order valence-corrected chi connectivity index (χ4v) is 3.11. The molecule has 0 bridgehead atoms. The van der Waals surface area contributed by atoms with Crippen LogP contribution in [0.2, 0.25) is 0 Å². The van der Waals surface area contributed by atoms with E-state index in [0.29, 0.717) is 17.7 Å². The number of aryl methyl sites for hydroxylation is 2. The molecule has 124 valence electrons. The average Bonchev–Trinajstić information content (AvgIpc) is 2.54. The van der Waals surface area contributed by atoms with E-state index in [1.54, 1.807) is 30.0 Å². The molecule has 0 saturated carbocycles. The fraction of sp³-hybridized carbons (Fsp3) is 0.278. The molecule has 3 rings (SSSR count). The quantitative estimate of drug-likeness (QED) is 0.618. The van der Waals surface area contributed by atoms with Crippen LogP contribution in [0.3, 0.4) is 0 Å². The highest BCUT2D eigenvalue weighted by Crippen LogP contribution is 2.33. The zero-order valence-electron chi connectivity index (χ0n) is 13.5. The van der Waals surface area contributed by atoms with Crippen molar-refractivity contribution in [3.8, 4) is 0 Å². The topological polar surface area (TPSA) is 63.5 Å². The van der Waals surface area contributed by atoms with Crippen molar-refractivity contribution in [2.75, 3.05) is 4.90 Å². The summed E-state index contributed by atoms with van der Waals surface area (Å²) in [7, 11) is 0. The lowest BCUT2D eigenvalue weighted by Crippen LogP contribution is -2.42. The normalized spacial score (nSPS) is 16.6. The highest BCUT2D eigenvalue weighted by atomic mass is 19.1. The average molecular weight is 328 g/mol. The van der Waals surface area contributed by atoms with Gasteiger partial charge in [-0.15, -0.1) is 0 Å². The number of nitro groups is 1. The number of halogens is 1. The van der Waals surface area contributed by atoms with Crippen LogP contribution in [0.4, 0.5) is 15.8 Å². The third-order valence-corrected chi connectivity index (χ3v) is 4.44. The second-order valence-electron chi connectivity index (χ2n) is 6.09. The molecular weight excluding hydrogens is 311 g/mol. The molecule has 0 saturated heterocycles. The van der Waals surface area contributed by atoms with Gasteiger partial charge in [-0.3, -0.25) is 14.9 Å². The van der Waals surface area contributed by atoms with Gasteiger partial charge in [-0.1, -0.05) is 6.07 Å². The number of anilines is 1. The fourth-order valence-electron chi connectivity index (χ4n) is 3.11. The van der Waals surface area contributed by atoms with Crippen LogP contribution >= 0.6 is 0 Å². The van der Waals surface area contributed by atoms with Gasteiger partial charge in [-0.05, 0) is 56.5 Å². The molecule has 1 aliphatic rings. The second kappa shape index (κ2) is 6.03. The Labute approximate surface area is 138 Å². The van der Waals surface area contributed by atoms with E-state index in [0.717, 1.165) is 12.0 Å². The van der Waals surface area contributed by atoms with Gasteiger partial charge in [0.05, 0.1) is 4.92 Å². The molecule has 5 nitrogen and oxygen atoms in total. The van der Waals surface area contributed by atoms with Gasteiger partial charge in [0.2, 0.25) is 0 Å². The predicted octanol–water partition coefficient (Wildman–Crippen LogP) is 4.02. The van der Waals surface area contributed by atoms with Crippen LogP contribution in [0.5, 0.6) is 0 Å². The van der Waals surface area contributed by atoms with E-state index in [2.05, 4.69) is 0 Å². The van der Waals surface area contributed by atoms with Gasteiger partial charge < -0.3 is 4.90 Å². The van der Waals surface area contributed by atoms with Gasteiger partial charge in [-0.25, -0.2) is 4.39 Å². The maximum atomic E-state index is 13.5. The SMILES string of the molecule is Cc1ccc(C(=O)N2c3ccc(F)cc3CCC2C)cc1[N+](=O)[O-]. The molecule has 0 N–H and O–H groups in total. The minimum atomic E-state index is -0.491. The van der Waals surface area contributed by atoms with Gasteiger partial charge in [0.25, 0.3) is 11.6 Å². The summed E-state index contributed by atoms with van der Waals surface area (Å²) in [6.07, 6.45) is 1.42. The number of hydrogen-bond acceptors (Lipinski definition) is 3. The molecule has 0 spiro atoms. The van der Waals surface area contributed by atoms with E-state index in [-0.39, 0.29) is 29.0 Å². The number of benzene rings is 2. The van der Waals surface area contributed by atoms with Crippen LogP contribution < -0.4 is 4.90 Å². The third-order valence-electron chi connectivity index (χ3n) is 4.44. The van der Waals surface area contributed by atoms with Crippen molar-refractivity contribution in [2.24, 2.45) is 0 Å². The first-order chi connectivity index (χ1) is 11.4. The second-order valence-corrected chi connectivity index (χ2v) is 6.09. The Hall–Kier alpha value is -2.76. The maximum Gasteiger partial charge on any atom is 0.273 e. The summed E-state index contributed by atoms with van der Waals surface area (Å²) in [5.41, 5.74) is 2.14. The Kier molecular flexibility index (Phi) is 4.05. The first-order valence-corrected chi connectivity index (χ1v) is 7.75. The third kappa shape index (κ3) is 2.75. The van der Waals surface area contributed by atoms with Crippen LogP contribution in [0.1, 0.15) is 34.8 Å². The molecule has 0 fully saturated rings. The summed E-state index contributed by atoms with van der Waals surface area (Å²) in [5, 5.41) is 11.1. The predicted molar refractivity (Wildman–Crippen MR) is 88.8 cm³/mol.